The molecule has 0 N–H and O–H groups in total. The second-order valence-electron chi connectivity index (χ2n) is 3.88. The number of carbonyl (C=O) groups excluding carboxylic acids is 1. The monoisotopic (exact) mass is 220 g/mol. The molecule has 1 aromatic carbocycles. The molecular weight excluding hydrogens is 208 g/mol. The number of hydrogen-bond acceptors (Lipinski definition) is 4. The van der Waals surface area contributed by atoms with E-state index in [-0.39, 0.29) is 4.92 Å². The third-order valence-electron chi connectivity index (χ3n) is 2.86. The van der Waals surface area contributed by atoms with Crippen molar-refractivity contribution in [3.63, 3.8) is 0 Å². The Morgan fingerprint density at radius 1 is 1.38 bits per heavy atom. The van der Waals surface area contributed by atoms with Crippen molar-refractivity contribution in [2.24, 2.45) is 0 Å². The second-order valence-corrected chi connectivity index (χ2v) is 3.88. The molecule has 1 fully saturated rings. The van der Waals surface area contributed by atoms with Gasteiger partial charge in [-0.3, -0.25) is 14.9 Å². The average molecular weight is 220 g/mol. The molecule has 2 rings (SSSR count). The van der Waals surface area contributed by atoms with Crippen LogP contribution in [0.5, 0.6) is 0 Å². The van der Waals surface area contributed by atoms with Gasteiger partial charge in [0.2, 0.25) is 6.04 Å². The maximum atomic E-state index is 10.6. The molecular formula is C11H12N2O3. The van der Waals surface area contributed by atoms with Crippen LogP contribution in [0.2, 0.25) is 0 Å². The molecule has 0 aromatic heterocycles. The molecule has 1 heterocycles. The van der Waals surface area contributed by atoms with E-state index in [1.807, 2.05) is 17.0 Å². The Labute approximate surface area is 92.8 Å². The maximum absolute atomic E-state index is 10.6. The Hall–Kier alpha value is -1.91. The predicted molar refractivity (Wildman–Crippen MR) is 59.4 cm³/mol. The van der Waals surface area contributed by atoms with E-state index in [0.717, 1.165) is 12.0 Å². The van der Waals surface area contributed by atoms with E-state index in [4.69, 9.17) is 0 Å². The van der Waals surface area contributed by atoms with Crippen LogP contribution >= 0.6 is 0 Å². The Kier molecular flexibility index (Phi) is 2.85. The first kappa shape index (κ1) is 10.6. The van der Waals surface area contributed by atoms with Crippen LogP contribution in [0.1, 0.15) is 16.8 Å². The summed E-state index contributed by atoms with van der Waals surface area (Å²) in [5, 5.41) is 10.6. The third kappa shape index (κ3) is 2.03. The Morgan fingerprint density at radius 2 is 2.06 bits per heavy atom. The summed E-state index contributed by atoms with van der Waals surface area (Å²) in [5.74, 6) is 0. The summed E-state index contributed by atoms with van der Waals surface area (Å²) in [6.45, 7) is 1.15. The highest BCUT2D eigenvalue weighted by Gasteiger charge is 2.30. The van der Waals surface area contributed by atoms with Crippen molar-refractivity contribution in [1.82, 2.24) is 0 Å². The van der Waals surface area contributed by atoms with Gasteiger partial charge in [-0.2, -0.15) is 0 Å². The second kappa shape index (κ2) is 4.30. The fraction of sp³-hybridized carbons (Fsp3) is 0.364. The number of aldehydes is 1. The molecule has 0 aliphatic carbocycles. The highest BCUT2D eigenvalue weighted by Crippen LogP contribution is 2.21. The summed E-state index contributed by atoms with van der Waals surface area (Å²) >= 11 is 0. The van der Waals surface area contributed by atoms with Crippen LogP contribution in [0.4, 0.5) is 5.69 Å². The van der Waals surface area contributed by atoms with Gasteiger partial charge in [0, 0.05) is 29.1 Å². The van der Waals surface area contributed by atoms with Crippen molar-refractivity contribution in [3.05, 3.63) is 39.9 Å². The van der Waals surface area contributed by atoms with Crippen molar-refractivity contribution in [3.8, 4) is 0 Å². The highest BCUT2D eigenvalue weighted by molar-refractivity contribution is 5.75. The largest absolute Gasteiger partial charge is 0.364 e. The minimum absolute atomic E-state index is 0.222. The van der Waals surface area contributed by atoms with Gasteiger partial charge in [0.05, 0.1) is 6.54 Å². The van der Waals surface area contributed by atoms with Crippen LogP contribution in [0, 0.1) is 10.1 Å². The number of hydrogen-bond donors (Lipinski definition) is 0. The standard InChI is InChI=1S/C11H12N2O3/c14-8-9-1-3-10(4-2-9)12-6-5-11(7-12)13(15)16/h1-4,8,11H,5-7H2. The molecule has 0 amide bonds. The number of benzene rings is 1. The highest BCUT2D eigenvalue weighted by atomic mass is 16.6. The summed E-state index contributed by atoms with van der Waals surface area (Å²) in [4.78, 5) is 22.8. The van der Waals surface area contributed by atoms with E-state index in [1.165, 1.54) is 0 Å². The molecule has 0 saturated carbocycles. The molecule has 1 unspecified atom stereocenters. The molecule has 0 bridgehead atoms. The Balaban J connectivity index is 2.08. The smallest absolute Gasteiger partial charge is 0.232 e. The van der Waals surface area contributed by atoms with E-state index in [0.29, 0.717) is 25.1 Å². The average Bonchev–Trinajstić information content (AvgIpc) is 2.78. The van der Waals surface area contributed by atoms with Crippen molar-refractivity contribution >= 4 is 12.0 Å². The van der Waals surface area contributed by atoms with E-state index >= 15 is 0 Å². The van der Waals surface area contributed by atoms with Crippen LogP contribution < -0.4 is 4.90 Å². The zero-order valence-electron chi connectivity index (χ0n) is 8.70. The van der Waals surface area contributed by atoms with Crippen molar-refractivity contribution in [2.45, 2.75) is 12.5 Å². The quantitative estimate of drug-likeness (QED) is 0.438. The van der Waals surface area contributed by atoms with Crippen LogP contribution in [0.25, 0.3) is 0 Å². The first-order valence-electron chi connectivity index (χ1n) is 5.14. The fourth-order valence-electron chi connectivity index (χ4n) is 1.91. The van der Waals surface area contributed by atoms with E-state index in [9.17, 15) is 14.9 Å². The number of rotatable bonds is 3. The third-order valence-corrected chi connectivity index (χ3v) is 2.86. The van der Waals surface area contributed by atoms with Gasteiger partial charge in [-0.1, -0.05) is 0 Å². The molecule has 5 nitrogen and oxygen atoms in total. The van der Waals surface area contributed by atoms with Gasteiger partial charge in [0.15, 0.2) is 0 Å². The molecule has 1 saturated heterocycles. The van der Waals surface area contributed by atoms with Gasteiger partial charge in [-0.25, -0.2) is 0 Å². The van der Waals surface area contributed by atoms with Crippen LogP contribution in [0.3, 0.4) is 0 Å². The molecule has 1 aromatic rings. The van der Waals surface area contributed by atoms with Crippen LogP contribution in [0.15, 0.2) is 24.3 Å². The first-order valence-corrected chi connectivity index (χ1v) is 5.14. The lowest BCUT2D eigenvalue weighted by atomic mass is 10.2. The van der Waals surface area contributed by atoms with E-state index < -0.39 is 6.04 Å². The summed E-state index contributed by atoms with van der Waals surface area (Å²) in [6, 6.07) is 6.63. The number of carbonyl (C=O) groups is 1. The van der Waals surface area contributed by atoms with Gasteiger partial charge >= 0.3 is 0 Å². The number of anilines is 1. The van der Waals surface area contributed by atoms with Crippen molar-refractivity contribution in [1.29, 1.82) is 0 Å². The van der Waals surface area contributed by atoms with Crippen molar-refractivity contribution < 1.29 is 9.72 Å². The topological polar surface area (TPSA) is 63.5 Å². The first-order chi connectivity index (χ1) is 7.70. The van der Waals surface area contributed by atoms with Crippen LogP contribution in [-0.4, -0.2) is 30.3 Å². The molecule has 1 aliphatic rings. The molecule has 16 heavy (non-hydrogen) atoms. The molecule has 0 spiro atoms. The SMILES string of the molecule is O=Cc1ccc(N2CCC([N+](=O)[O-])C2)cc1. The number of nitro groups is 1. The summed E-state index contributed by atoms with van der Waals surface area (Å²) in [7, 11) is 0. The van der Waals surface area contributed by atoms with Gasteiger partial charge in [0.25, 0.3) is 0 Å². The van der Waals surface area contributed by atoms with Gasteiger partial charge < -0.3 is 4.90 Å². The van der Waals surface area contributed by atoms with Gasteiger partial charge in [-0.15, -0.1) is 0 Å². The lowest BCUT2D eigenvalue weighted by molar-refractivity contribution is -0.516. The molecule has 0 radical (unpaired) electrons. The summed E-state index contributed by atoms with van der Waals surface area (Å²) < 4.78 is 0. The molecule has 5 heteroatoms. The summed E-state index contributed by atoms with van der Waals surface area (Å²) in [6.07, 6.45) is 1.37. The maximum Gasteiger partial charge on any atom is 0.232 e. The van der Waals surface area contributed by atoms with Crippen LogP contribution in [-0.2, 0) is 0 Å². The van der Waals surface area contributed by atoms with E-state index in [2.05, 4.69) is 0 Å². The molecule has 84 valence electrons. The lowest BCUT2D eigenvalue weighted by Crippen LogP contribution is -2.25. The van der Waals surface area contributed by atoms with Gasteiger partial charge in [-0.05, 0) is 24.3 Å². The van der Waals surface area contributed by atoms with E-state index in [1.54, 1.807) is 12.1 Å². The fourth-order valence-corrected chi connectivity index (χ4v) is 1.91. The zero-order chi connectivity index (χ0) is 11.5. The minimum atomic E-state index is -0.467. The van der Waals surface area contributed by atoms with Gasteiger partial charge in [0.1, 0.15) is 6.29 Å². The predicted octanol–water partition coefficient (Wildman–Crippen LogP) is 1.35. The normalized spacial score (nSPS) is 19.8. The molecule has 1 atom stereocenters. The zero-order valence-corrected chi connectivity index (χ0v) is 8.70. The Morgan fingerprint density at radius 3 is 2.56 bits per heavy atom. The van der Waals surface area contributed by atoms with Crippen molar-refractivity contribution in [2.75, 3.05) is 18.0 Å². The summed E-state index contributed by atoms with van der Waals surface area (Å²) in [5.41, 5.74) is 1.56. The number of nitrogens with zero attached hydrogens (tertiary/aromatic N) is 2. The minimum Gasteiger partial charge on any atom is -0.364 e. The molecule has 1 aliphatic heterocycles. The Bertz CT molecular complexity index is 402. The lowest BCUT2D eigenvalue weighted by Gasteiger charge is -2.16.